The third-order valence-corrected chi connectivity index (χ3v) is 16.7. The molecule has 2 amide bonds. The molecule has 3 saturated heterocycles. The largest absolute Gasteiger partial charge is 0.349 e. The molecule has 3 unspecified atom stereocenters. The number of aromatic nitrogens is 8. The summed E-state index contributed by atoms with van der Waals surface area (Å²) in [6.07, 6.45) is -7.18. The number of hydrogen-bond donors (Lipinski definition) is 3. The van der Waals surface area contributed by atoms with Crippen LogP contribution in [0.1, 0.15) is 46.0 Å². The molecule has 4 aromatic heterocycles. The van der Waals surface area contributed by atoms with Gasteiger partial charge in [0.05, 0.1) is 37.9 Å². The van der Waals surface area contributed by atoms with Gasteiger partial charge < -0.3 is 43.0 Å². The summed E-state index contributed by atoms with van der Waals surface area (Å²) in [6.45, 7) is -0.767. The fraction of sp³-hybridized carbons (Fsp3) is 0.366. The highest BCUT2D eigenvalue weighted by molar-refractivity contribution is 8.10. The molecule has 6 aromatic rings. The van der Waals surface area contributed by atoms with E-state index >= 15 is 8.78 Å². The van der Waals surface area contributed by atoms with Gasteiger partial charge in [0.1, 0.15) is 37.6 Å². The van der Waals surface area contributed by atoms with Crippen LogP contribution in [0.4, 0.5) is 20.4 Å². The number of rotatable bonds is 12. The predicted octanol–water partition coefficient (Wildman–Crippen LogP) is 5.81. The van der Waals surface area contributed by atoms with E-state index in [-0.39, 0.29) is 79.3 Å². The zero-order valence-electron chi connectivity index (χ0n) is 35.4. The number of anilines is 2. The van der Waals surface area contributed by atoms with Gasteiger partial charge in [-0.15, -0.1) is 0 Å². The molecule has 9 rings (SSSR count). The van der Waals surface area contributed by atoms with Gasteiger partial charge in [-0.2, -0.15) is 5.26 Å². The third-order valence-electron chi connectivity index (χ3n) is 11.0. The number of nitrogens with zero attached hydrogens (tertiary/aromatic N) is 10. The van der Waals surface area contributed by atoms with Gasteiger partial charge >= 0.3 is 0 Å². The number of imidazole rings is 2. The molecule has 27 heteroatoms. The maximum atomic E-state index is 17.2. The van der Waals surface area contributed by atoms with Gasteiger partial charge in [0.2, 0.25) is 6.54 Å². The number of carbonyl (C=O) groups is 2. The summed E-state index contributed by atoms with van der Waals surface area (Å²) < 4.78 is 75.0. The van der Waals surface area contributed by atoms with Gasteiger partial charge in [0, 0.05) is 23.8 Å². The lowest BCUT2D eigenvalue weighted by atomic mass is 10.1. The van der Waals surface area contributed by atoms with Crippen LogP contribution in [0.3, 0.4) is 0 Å². The molecular formula is C41H39F2N13O8P2S2. The first-order chi connectivity index (χ1) is 33.0. The number of carbonyl (C=O) groups excluding carboxylic acids is 2. The second-order valence-electron chi connectivity index (χ2n) is 15.3. The lowest BCUT2D eigenvalue weighted by Crippen LogP contribution is -2.40. The number of amides is 2. The maximum absolute atomic E-state index is 17.2. The molecule has 10 atom stereocenters. The molecule has 352 valence electrons. The highest BCUT2D eigenvalue weighted by Crippen LogP contribution is 2.57. The van der Waals surface area contributed by atoms with Crippen LogP contribution in [0, 0.1) is 17.9 Å². The number of ether oxygens (including phenoxy) is 2. The van der Waals surface area contributed by atoms with Crippen molar-refractivity contribution in [2.24, 2.45) is 0 Å². The highest BCUT2D eigenvalue weighted by atomic mass is 32.5. The molecule has 3 fully saturated rings. The summed E-state index contributed by atoms with van der Waals surface area (Å²) in [5.41, 5.74) is 1.30. The van der Waals surface area contributed by atoms with E-state index in [0.29, 0.717) is 11.1 Å². The number of nitriles is 1. The predicted molar refractivity (Wildman–Crippen MR) is 246 cm³/mol. The van der Waals surface area contributed by atoms with Gasteiger partial charge in [-0.25, -0.2) is 50.3 Å². The minimum atomic E-state index is -3.79. The van der Waals surface area contributed by atoms with Crippen LogP contribution in [-0.4, -0.2) is 120 Å². The Morgan fingerprint density at radius 2 is 1.35 bits per heavy atom. The number of nitrogens with one attached hydrogen (secondary N) is 3. The smallest absolute Gasteiger partial charge is 0.262 e. The standard InChI is InChI=1S/C41H39F2N13O8P2S2/c1-45-15-17-60-66(68)52-19-27-33(29(43)41(62-27)56-23-51-31-35(47-21-49-37(31)56)54-39(58)25-11-6-3-7-12-25)63-65(67,59-16-8-14-44)18-13-26-32(64-66)28(42)40(61-26)55-22-50-30-34(46-20-48-36(30)55)53-38(57)24-9-4-2-5-10-24/h2-7,9-12,20-23,26-29,32-33,40-41H,8,13,15-19H2,(H,52,68)(H,46,48,53,57)(H,47,49,54,58)/t26-,27-,28-,29-,32-,33-,40-,41?,65?,66?/m1/s1. The quantitative estimate of drug-likeness (QED) is 0.0745. The molecule has 3 aliphatic rings. The average Bonchev–Trinajstić information content (AvgIpc) is 4.12. The molecule has 0 radical (unpaired) electrons. The summed E-state index contributed by atoms with van der Waals surface area (Å²) in [4.78, 5) is 55.3. The molecule has 7 heterocycles. The first kappa shape index (κ1) is 47.4. The zero-order chi connectivity index (χ0) is 47.4. The van der Waals surface area contributed by atoms with Gasteiger partial charge in [-0.05, 0) is 54.3 Å². The monoisotopic (exact) mass is 1010 g/mol. The van der Waals surface area contributed by atoms with Crippen LogP contribution < -0.4 is 15.7 Å². The first-order valence-electron chi connectivity index (χ1n) is 21.0. The van der Waals surface area contributed by atoms with Crippen molar-refractivity contribution < 1.29 is 45.9 Å². The Morgan fingerprint density at radius 3 is 1.90 bits per heavy atom. The Labute approximate surface area is 396 Å². The van der Waals surface area contributed by atoms with Crippen molar-refractivity contribution in [2.45, 2.75) is 62.1 Å². The van der Waals surface area contributed by atoms with Crippen molar-refractivity contribution in [3.8, 4) is 6.07 Å². The van der Waals surface area contributed by atoms with Gasteiger partial charge in [-0.1, -0.05) is 36.4 Å². The van der Waals surface area contributed by atoms with Gasteiger partial charge in [-0.3, -0.25) is 18.7 Å². The van der Waals surface area contributed by atoms with E-state index in [4.69, 9.17) is 57.8 Å². The van der Waals surface area contributed by atoms with Crippen molar-refractivity contribution in [1.29, 1.82) is 5.26 Å². The number of benzene rings is 2. The van der Waals surface area contributed by atoms with E-state index < -0.39 is 74.2 Å². The molecule has 68 heavy (non-hydrogen) atoms. The summed E-state index contributed by atoms with van der Waals surface area (Å²) in [7, 11) is 0. The number of fused-ring (bicyclic) bond motifs is 4. The highest BCUT2D eigenvalue weighted by Gasteiger charge is 2.53. The van der Waals surface area contributed by atoms with E-state index in [1.54, 1.807) is 60.7 Å². The minimum absolute atomic E-state index is 0.0615. The number of alkyl halides is 2. The van der Waals surface area contributed by atoms with Crippen molar-refractivity contribution in [2.75, 3.05) is 43.1 Å². The van der Waals surface area contributed by atoms with E-state index in [0.717, 1.165) is 0 Å². The Kier molecular flexibility index (Phi) is 14.3. The zero-order valence-corrected chi connectivity index (χ0v) is 38.8. The molecule has 2 aromatic carbocycles. The number of hydrogen-bond acceptors (Lipinski definition) is 17. The summed E-state index contributed by atoms with van der Waals surface area (Å²) in [5, 5.41) is 17.9. The van der Waals surface area contributed by atoms with Gasteiger partial charge in [0.15, 0.2) is 65.3 Å². The van der Waals surface area contributed by atoms with Crippen LogP contribution in [0.5, 0.6) is 0 Å². The molecule has 0 bridgehead atoms. The van der Waals surface area contributed by atoms with E-state index in [1.807, 2.05) is 6.07 Å². The molecule has 0 spiro atoms. The summed E-state index contributed by atoms with van der Waals surface area (Å²) in [6, 6.07) is 18.9. The Balaban J connectivity index is 1.01. The van der Waals surface area contributed by atoms with Crippen molar-refractivity contribution in [1.82, 2.24) is 44.1 Å². The Morgan fingerprint density at radius 1 is 0.809 bits per heavy atom. The lowest BCUT2D eigenvalue weighted by Gasteiger charge is -2.33. The third kappa shape index (κ3) is 9.92. The molecule has 0 aliphatic carbocycles. The molecule has 21 nitrogen and oxygen atoms in total. The van der Waals surface area contributed by atoms with Gasteiger partial charge in [0.25, 0.3) is 18.5 Å². The topological polar surface area (TPSA) is 241 Å². The SMILES string of the molecule is [C-]#[N+]CCOP1(=S)NC[C@H]2OC(n3cnc4c(NC(=O)c5ccccc5)ncnc43)[C@H](F)[C@@H]2OP(=S)(OCCC#N)CC[C@H]2O[C@@H](n3cnc4c(NC(=O)c5ccccc5)ncnc43)[C@H](F)[C@@H]2O1. The van der Waals surface area contributed by atoms with E-state index in [9.17, 15) is 14.9 Å². The average molecular weight is 1010 g/mol. The summed E-state index contributed by atoms with van der Waals surface area (Å²) >= 11 is 12.0. The lowest BCUT2D eigenvalue weighted by molar-refractivity contribution is -0.0250. The Bertz CT molecular complexity index is 2800. The van der Waals surface area contributed by atoms with Crippen LogP contribution in [0.25, 0.3) is 27.2 Å². The minimum Gasteiger partial charge on any atom is -0.349 e. The fourth-order valence-corrected chi connectivity index (χ4v) is 12.8. The van der Waals surface area contributed by atoms with E-state index in [1.165, 1.54) is 34.4 Å². The second-order valence-corrected chi connectivity index (χ2v) is 22.4. The van der Waals surface area contributed by atoms with Crippen LogP contribution in [-0.2, 0) is 51.2 Å². The van der Waals surface area contributed by atoms with Crippen LogP contribution >= 0.6 is 13.1 Å². The maximum Gasteiger partial charge on any atom is 0.262 e. The molecule has 0 saturated carbocycles. The normalized spacial score (nSPS) is 28.4. The van der Waals surface area contributed by atoms with Crippen molar-refractivity contribution in [3.05, 3.63) is 109 Å². The number of halogens is 2. The second kappa shape index (κ2) is 20.5. The summed E-state index contributed by atoms with van der Waals surface area (Å²) in [5.74, 6) is -0.757. The van der Waals surface area contributed by atoms with Crippen molar-refractivity contribution in [3.63, 3.8) is 0 Å². The van der Waals surface area contributed by atoms with Crippen molar-refractivity contribution >= 4 is 82.5 Å². The van der Waals surface area contributed by atoms with Crippen LogP contribution in [0.2, 0.25) is 0 Å². The molecular weight excluding hydrogens is 967 g/mol. The van der Waals surface area contributed by atoms with E-state index in [2.05, 4.69) is 50.5 Å². The fourth-order valence-electron chi connectivity index (χ4n) is 7.81. The van der Waals surface area contributed by atoms with Crippen LogP contribution in [0.15, 0.2) is 86.0 Å². The Hall–Kier alpha value is -5.66. The first-order valence-corrected chi connectivity index (χ1v) is 26.4. The molecule has 3 N–H and O–H groups in total. The molecule has 3 aliphatic heterocycles.